The molecular weight excluding hydrogens is 397 g/mol. The Kier molecular flexibility index (Phi) is 4.32. The number of aromatic nitrogens is 1. The first-order valence-corrected chi connectivity index (χ1v) is 10.5. The second-order valence-electron chi connectivity index (χ2n) is 7.74. The van der Waals surface area contributed by atoms with Crippen molar-refractivity contribution >= 4 is 21.9 Å². The summed E-state index contributed by atoms with van der Waals surface area (Å²) in [5, 5.41) is 1.84. The summed E-state index contributed by atoms with van der Waals surface area (Å²) >= 11 is 0. The number of hydrogen-bond donors (Lipinski definition) is 0. The standard InChI is InChI=1S/C29H18FNO/c30-25-17-16-23-22-9-6-10-24(26-11-4-5-18-31-26)28(22)32-29(23)27(25)21-14-12-20(13-15-21)19-7-2-1-3-8-19/h1-18H. The van der Waals surface area contributed by atoms with Gasteiger partial charge in [0.15, 0.2) is 0 Å². The molecule has 6 aromatic rings. The predicted molar refractivity (Wildman–Crippen MR) is 128 cm³/mol. The maximum absolute atomic E-state index is 15.1. The summed E-state index contributed by atoms with van der Waals surface area (Å²) in [5.74, 6) is -0.302. The van der Waals surface area contributed by atoms with E-state index in [4.69, 9.17) is 4.42 Å². The van der Waals surface area contributed by atoms with Gasteiger partial charge in [0.2, 0.25) is 0 Å². The second-order valence-corrected chi connectivity index (χ2v) is 7.74. The Hall–Kier alpha value is -4.24. The van der Waals surface area contributed by atoms with Crippen molar-refractivity contribution in [1.29, 1.82) is 0 Å². The molecular formula is C29H18FNO. The highest BCUT2D eigenvalue weighted by Crippen LogP contribution is 2.40. The molecule has 0 spiro atoms. The third-order valence-corrected chi connectivity index (χ3v) is 5.84. The van der Waals surface area contributed by atoms with Crippen LogP contribution in [-0.2, 0) is 0 Å². The molecule has 0 bridgehead atoms. The van der Waals surface area contributed by atoms with Crippen molar-refractivity contribution in [2.45, 2.75) is 0 Å². The highest BCUT2D eigenvalue weighted by Gasteiger charge is 2.19. The highest BCUT2D eigenvalue weighted by atomic mass is 19.1. The summed E-state index contributed by atoms with van der Waals surface area (Å²) in [6.07, 6.45) is 1.76. The Labute approximate surface area is 184 Å². The van der Waals surface area contributed by atoms with Crippen molar-refractivity contribution in [3.63, 3.8) is 0 Å². The molecule has 0 saturated heterocycles. The normalized spacial score (nSPS) is 11.3. The fourth-order valence-electron chi connectivity index (χ4n) is 4.29. The molecule has 2 aromatic heterocycles. The maximum atomic E-state index is 15.1. The minimum absolute atomic E-state index is 0.302. The summed E-state index contributed by atoms with van der Waals surface area (Å²) in [5.41, 5.74) is 6.46. The van der Waals surface area contributed by atoms with Crippen LogP contribution in [0.1, 0.15) is 0 Å². The summed E-state index contributed by atoms with van der Waals surface area (Å²) in [4.78, 5) is 4.47. The topological polar surface area (TPSA) is 26.0 Å². The first-order valence-electron chi connectivity index (χ1n) is 10.5. The van der Waals surface area contributed by atoms with Crippen molar-refractivity contribution in [2.24, 2.45) is 0 Å². The van der Waals surface area contributed by atoms with Gasteiger partial charge in [-0.05, 0) is 47.0 Å². The minimum atomic E-state index is -0.302. The van der Waals surface area contributed by atoms with Gasteiger partial charge in [0.1, 0.15) is 17.0 Å². The lowest BCUT2D eigenvalue weighted by atomic mass is 9.98. The lowest BCUT2D eigenvalue weighted by Gasteiger charge is -2.07. The molecule has 0 aliphatic heterocycles. The number of benzene rings is 4. The number of rotatable bonds is 3. The molecule has 6 rings (SSSR count). The monoisotopic (exact) mass is 415 g/mol. The first kappa shape index (κ1) is 18.5. The van der Waals surface area contributed by atoms with Crippen LogP contribution in [0.2, 0.25) is 0 Å². The fourth-order valence-corrected chi connectivity index (χ4v) is 4.29. The first-order chi connectivity index (χ1) is 15.8. The van der Waals surface area contributed by atoms with Gasteiger partial charge in [-0.3, -0.25) is 4.98 Å². The van der Waals surface area contributed by atoms with E-state index >= 15 is 4.39 Å². The van der Waals surface area contributed by atoms with Gasteiger partial charge in [0.05, 0.1) is 11.3 Å². The van der Waals surface area contributed by atoms with Crippen molar-refractivity contribution in [3.8, 4) is 33.5 Å². The maximum Gasteiger partial charge on any atom is 0.146 e. The third kappa shape index (κ3) is 2.98. The van der Waals surface area contributed by atoms with E-state index in [1.54, 1.807) is 12.3 Å². The molecule has 0 aliphatic carbocycles. The number of pyridine rings is 1. The molecule has 0 unspecified atom stereocenters. The molecule has 0 aliphatic rings. The summed E-state index contributed by atoms with van der Waals surface area (Å²) < 4.78 is 21.4. The number of halogens is 1. The Morgan fingerprint density at radius 3 is 2.06 bits per heavy atom. The molecule has 0 radical (unpaired) electrons. The summed E-state index contributed by atoms with van der Waals surface area (Å²) in [6, 6.07) is 33.2. The lowest BCUT2D eigenvalue weighted by Crippen LogP contribution is -1.86. The number of nitrogens with zero attached hydrogens (tertiary/aromatic N) is 1. The van der Waals surface area contributed by atoms with Crippen LogP contribution in [0.15, 0.2) is 114 Å². The molecule has 0 saturated carbocycles. The molecule has 2 heterocycles. The Balaban J connectivity index is 1.55. The van der Waals surface area contributed by atoms with Crippen LogP contribution in [-0.4, -0.2) is 4.98 Å². The van der Waals surface area contributed by atoms with Gasteiger partial charge in [0, 0.05) is 22.5 Å². The molecule has 0 atom stereocenters. The molecule has 3 heteroatoms. The quantitative estimate of drug-likeness (QED) is 0.292. The zero-order valence-corrected chi connectivity index (χ0v) is 17.1. The van der Waals surface area contributed by atoms with Crippen LogP contribution >= 0.6 is 0 Å². The summed E-state index contributed by atoms with van der Waals surface area (Å²) in [6.45, 7) is 0. The van der Waals surface area contributed by atoms with Crippen LogP contribution in [0.3, 0.4) is 0 Å². The van der Waals surface area contributed by atoms with E-state index in [0.29, 0.717) is 16.7 Å². The van der Waals surface area contributed by atoms with Gasteiger partial charge in [-0.2, -0.15) is 0 Å². The van der Waals surface area contributed by atoms with Gasteiger partial charge in [-0.1, -0.05) is 72.8 Å². The van der Waals surface area contributed by atoms with E-state index in [1.807, 2.05) is 78.9 Å². The molecule has 0 N–H and O–H groups in total. The lowest BCUT2D eigenvalue weighted by molar-refractivity contribution is 0.622. The Morgan fingerprint density at radius 2 is 1.28 bits per heavy atom. The van der Waals surface area contributed by atoms with E-state index in [2.05, 4.69) is 17.1 Å². The second kappa shape index (κ2) is 7.47. The molecule has 4 aromatic carbocycles. The van der Waals surface area contributed by atoms with Gasteiger partial charge in [-0.25, -0.2) is 4.39 Å². The number of para-hydroxylation sites is 1. The SMILES string of the molecule is Fc1ccc2c(oc3c(-c4ccccn4)cccc32)c1-c1ccc(-c2ccccc2)cc1. The highest BCUT2D eigenvalue weighted by molar-refractivity contribution is 6.12. The van der Waals surface area contributed by atoms with E-state index in [9.17, 15) is 0 Å². The minimum Gasteiger partial charge on any atom is -0.455 e. The van der Waals surface area contributed by atoms with Gasteiger partial charge >= 0.3 is 0 Å². The van der Waals surface area contributed by atoms with E-state index in [0.717, 1.165) is 38.7 Å². The van der Waals surface area contributed by atoms with Crippen molar-refractivity contribution in [2.75, 3.05) is 0 Å². The van der Waals surface area contributed by atoms with Gasteiger partial charge in [0.25, 0.3) is 0 Å². The van der Waals surface area contributed by atoms with Crippen LogP contribution in [0.5, 0.6) is 0 Å². The molecule has 0 amide bonds. The van der Waals surface area contributed by atoms with Crippen molar-refractivity contribution in [3.05, 3.63) is 115 Å². The van der Waals surface area contributed by atoms with E-state index in [-0.39, 0.29) is 5.82 Å². The summed E-state index contributed by atoms with van der Waals surface area (Å²) in [7, 11) is 0. The molecule has 152 valence electrons. The number of hydrogen-bond acceptors (Lipinski definition) is 2. The van der Waals surface area contributed by atoms with Crippen molar-refractivity contribution in [1.82, 2.24) is 4.98 Å². The van der Waals surface area contributed by atoms with Crippen LogP contribution in [0, 0.1) is 5.82 Å². The number of furan rings is 1. The number of fused-ring (bicyclic) bond motifs is 3. The Morgan fingerprint density at radius 1 is 0.562 bits per heavy atom. The molecule has 2 nitrogen and oxygen atoms in total. The average molecular weight is 415 g/mol. The van der Waals surface area contributed by atoms with Crippen LogP contribution < -0.4 is 0 Å². The fraction of sp³-hybridized carbons (Fsp3) is 0. The predicted octanol–water partition coefficient (Wildman–Crippen LogP) is 8.12. The largest absolute Gasteiger partial charge is 0.455 e. The average Bonchev–Trinajstić information content (AvgIpc) is 3.24. The van der Waals surface area contributed by atoms with Crippen LogP contribution in [0.25, 0.3) is 55.4 Å². The zero-order valence-electron chi connectivity index (χ0n) is 17.1. The smallest absolute Gasteiger partial charge is 0.146 e. The van der Waals surface area contributed by atoms with E-state index in [1.165, 1.54) is 6.07 Å². The molecule has 0 fully saturated rings. The van der Waals surface area contributed by atoms with E-state index < -0.39 is 0 Å². The molecule has 32 heavy (non-hydrogen) atoms. The Bertz CT molecular complexity index is 1550. The van der Waals surface area contributed by atoms with Gasteiger partial charge in [-0.15, -0.1) is 0 Å². The third-order valence-electron chi connectivity index (χ3n) is 5.84. The van der Waals surface area contributed by atoms with Crippen molar-refractivity contribution < 1.29 is 8.81 Å². The van der Waals surface area contributed by atoms with Crippen LogP contribution in [0.4, 0.5) is 4.39 Å². The van der Waals surface area contributed by atoms with Gasteiger partial charge < -0.3 is 4.42 Å². The zero-order chi connectivity index (χ0) is 21.5.